The molecule has 0 aliphatic rings. The van der Waals surface area contributed by atoms with E-state index >= 15 is 0 Å². The lowest BCUT2D eigenvalue weighted by molar-refractivity contribution is 0.0465. The summed E-state index contributed by atoms with van der Waals surface area (Å²) in [7, 11) is 3.16. The van der Waals surface area contributed by atoms with Crippen LogP contribution in [0.4, 0.5) is 0 Å². The maximum absolute atomic E-state index is 12.3. The fourth-order valence-corrected chi connectivity index (χ4v) is 2.58. The number of ether oxygens (including phenoxy) is 3. The number of nitrogens with zero attached hydrogens (tertiary/aromatic N) is 1. The van der Waals surface area contributed by atoms with Crippen molar-refractivity contribution in [3.05, 3.63) is 65.4 Å². The molecule has 128 valence electrons. The van der Waals surface area contributed by atoms with Crippen molar-refractivity contribution in [2.45, 2.75) is 13.5 Å². The van der Waals surface area contributed by atoms with Gasteiger partial charge in [-0.15, -0.1) is 0 Å². The Morgan fingerprint density at radius 2 is 1.72 bits per heavy atom. The molecule has 0 atom stereocenters. The lowest BCUT2D eigenvalue weighted by atomic mass is 10.1. The second-order valence-corrected chi connectivity index (χ2v) is 5.60. The molecule has 0 saturated heterocycles. The molecule has 5 heteroatoms. The fourth-order valence-electron chi connectivity index (χ4n) is 2.58. The molecule has 5 nitrogen and oxygen atoms in total. The van der Waals surface area contributed by atoms with E-state index in [1.165, 1.54) is 0 Å². The summed E-state index contributed by atoms with van der Waals surface area (Å²) in [5.74, 6) is 0.786. The van der Waals surface area contributed by atoms with Crippen LogP contribution in [0.1, 0.15) is 21.6 Å². The Morgan fingerprint density at radius 3 is 2.48 bits per heavy atom. The predicted molar refractivity (Wildman–Crippen MR) is 95.1 cm³/mol. The summed E-state index contributed by atoms with van der Waals surface area (Å²) < 4.78 is 16.0. The van der Waals surface area contributed by atoms with Gasteiger partial charge >= 0.3 is 5.97 Å². The second-order valence-electron chi connectivity index (χ2n) is 5.60. The first kappa shape index (κ1) is 16.8. The molecule has 25 heavy (non-hydrogen) atoms. The summed E-state index contributed by atoms with van der Waals surface area (Å²) in [6, 6.07) is 14.8. The summed E-state index contributed by atoms with van der Waals surface area (Å²) >= 11 is 0. The topological polar surface area (TPSA) is 57.7 Å². The van der Waals surface area contributed by atoms with Crippen LogP contribution >= 0.6 is 0 Å². The molecule has 0 radical (unpaired) electrons. The van der Waals surface area contributed by atoms with Gasteiger partial charge in [0.05, 0.1) is 19.7 Å². The zero-order valence-electron chi connectivity index (χ0n) is 14.4. The Kier molecular flexibility index (Phi) is 4.84. The first-order chi connectivity index (χ1) is 12.1. The minimum Gasteiger partial charge on any atom is -0.493 e. The highest BCUT2D eigenvalue weighted by molar-refractivity contribution is 5.91. The number of hydrogen-bond acceptors (Lipinski definition) is 5. The number of aryl methyl sites for hydroxylation is 1. The van der Waals surface area contributed by atoms with Gasteiger partial charge in [-0.3, -0.25) is 0 Å². The number of aromatic nitrogens is 1. The number of esters is 1. The summed E-state index contributed by atoms with van der Waals surface area (Å²) in [5, 5.41) is 0.981. The molecule has 0 fully saturated rings. The first-order valence-corrected chi connectivity index (χ1v) is 7.87. The van der Waals surface area contributed by atoms with Gasteiger partial charge in [0, 0.05) is 5.39 Å². The molecule has 0 aliphatic heterocycles. The minimum atomic E-state index is -0.458. The first-order valence-electron chi connectivity index (χ1n) is 7.87. The van der Waals surface area contributed by atoms with Gasteiger partial charge in [-0.2, -0.15) is 0 Å². The van der Waals surface area contributed by atoms with Gasteiger partial charge in [-0.05, 0) is 42.3 Å². The maximum atomic E-state index is 12.3. The van der Waals surface area contributed by atoms with Gasteiger partial charge in [0.25, 0.3) is 0 Å². The molecule has 0 amide bonds. The SMILES string of the molecule is COc1cc(C)c(COC(=O)c2ccc3ccccc3n2)cc1OC. The summed E-state index contributed by atoms with van der Waals surface area (Å²) in [6.45, 7) is 2.07. The van der Waals surface area contributed by atoms with Crippen molar-refractivity contribution in [2.24, 2.45) is 0 Å². The molecule has 3 rings (SSSR count). The van der Waals surface area contributed by atoms with Crippen LogP contribution in [0, 0.1) is 6.92 Å². The van der Waals surface area contributed by atoms with Crippen molar-refractivity contribution in [3.63, 3.8) is 0 Å². The Bertz CT molecular complexity index is 921. The molecule has 0 bridgehead atoms. The molecule has 3 aromatic rings. The lowest BCUT2D eigenvalue weighted by Gasteiger charge is -2.13. The van der Waals surface area contributed by atoms with Crippen molar-refractivity contribution in [3.8, 4) is 11.5 Å². The highest BCUT2D eigenvalue weighted by Crippen LogP contribution is 2.30. The molecule has 1 aromatic heterocycles. The van der Waals surface area contributed by atoms with E-state index < -0.39 is 5.97 Å². The van der Waals surface area contributed by atoms with Crippen LogP contribution in [-0.2, 0) is 11.3 Å². The number of fused-ring (bicyclic) bond motifs is 1. The minimum absolute atomic E-state index is 0.138. The third kappa shape index (κ3) is 3.55. The van der Waals surface area contributed by atoms with Crippen molar-refractivity contribution in [1.82, 2.24) is 4.98 Å². The summed E-state index contributed by atoms with van der Waals surface area (Å²) in [5.41, 5.74) is 2.86. The van der Waals surface area contributed by atoms with E-state index in [2.05, 4.69) is 4.98 Å². The molecular formula is C20H19NO4. The van der Waals surface area contributed by atoms with Gasteiger partial charge in [0.15, 0.2) is 11.5 Å². The highest BCUT2D eigenvalue weighted by Gasteiger charge is 2.13. The summed E-state index contributed by atoms with van der Waals surface area (Å²) in [4.78, 5) is 16.7. The van der Waals surface area contributed by atoms with E-state index in [1.807, 2.05) is 49.4 Å². The van der Waals surface area contributed by atoms with Crippen LogP contribution in [0.25, 0.3) is 10.9 Å². The van der Waals surface area contributed by atoms with Crippen molar-refractivity contribution in [1.29, 1.82) is 0 Å². The standard InChI is InChI=1S/C20H19NO4/c1-13-10-18(23-2)19(24-3)11-15(13)12-25-20(22)17-9-8-14-6-4-5-7-16(14)21-17/h4-11H,12H2,1-3H3. The van der Waals surface area contributed by atoms with Crippen LogP contribution in [0.15, 0.2) is 48.5 Å². The summed E-state index contributed by atoms with van der Waals surface area (Å²) in [6.07, 6.45) is 0. The largest absolute Gasteiger partial charge is 0.493 e. The average molecular weight is 337 g/mol. The Balaban J connectivity index is 1.77. The van der Waals surface area contributed by atoms with Crippen LogP contribution in [0.3, 0.4) is 0 Å². The number of carbonyl (C=O) groups excluding carboxylic acids is 1. The van der Waals surface area contributed by atoms with E-state index in [0.29, 0.717) is 11.5 Å². The Labute approximate surface area is 146 Å². The molecule has 0 N–H and O–H groups in total. The number of para-hydroxylation sites is 1. The average Bonchev–Trinajstić information content (AvgIpc) is 2.66. The molecule has 0 spiro atoms. The zero-order chi connectivity index (χ0) is 17.8. The normalized spacial score (nSPS) is 10.5. The van der Waals surface area contributed by atoms with Crippen LogP contribution in [0.5, 0.6) is 11.5 Å². The predicted octanol–water partition coefficient (Wildman–Crippen LogP) is 3.92. The van der Waals surface area contributed by atoms with E-state index in [0.717, 1.165) is 22.0 Å². The van der Waals surface area contributed by atoms with Gasteiger partial charge in [-0.25, -0.2) is 9.78 Å². The van der Waals surface area contributed by atoms with Gasteiger partial charge in [0.2, 0.25) is 0 Å². The quantitative estimate of drug-likeness (QED) is 0.661. The molecular weight excluding hydrogens is 318 g/mol. The van der Waals surface area contributed by atoms with Crippen LogP contribution in [-0.4, -0.2) is 25.2 Å². The zero-order valence-corrected chi connectivity index (χ0v) is 14.4. The van der Waals surface area contributed by atoms with Gasteiger partial charge in [0.1, 0.15) is 12.3 Å². The third-order valence-electron chi connectivity index (χ3n) is 4.01. The van der Waals surface area contributed by atoms with E-state index in [9.17, 15) is 4.79 Å². The fraction of sp³-hybridized carbons (Fsp3) is 0.200. The molecule has 2 aromatic carbocycles. The molecule has 0 unspecified atom stereocenters. The number of carbonyl (C=O) groups is 1. The van der Waals surface area contributed by atoms with Crippen LogP contribution < -0.4 is 9.47 Å². The number of benzene rings is 2. The van der Waals surface area contributed by atoms with E-state index in [-0.39, 0.29) is 12.3 Å². The Hall–Kier alpha value is -3.08. The number of hydrogen-bond donors (Lipinski definition) is 0. The van der Waals surface area contributed by atoms with Crippen LogP contribution in [0.2, 0.25) is 0 Å². The highest BCUT2D eigenvalue weighted by atomic mass is 16.5. The number of methoxy groups -OCH3 is 2. The Morgan fingerprint density at radius 1 is 1.00 bits per heavy atom. The number of pyridine rings is 1. The van der Waals surface area contributed by atoms with Crippen molar-refractivity contribution in [2.75, 3.05) is 14.2 Å². The molecule has 0 saturated carbocycles. The van der Waals surface area contributed by atoms with Crippen molar-refractivity contribution >= 4 is 16.9 Å². The smallest absolute Gasteiger partial charge is 0.357 e. The monoisotopic (exact) mass is 337 g/mol. The third-order valence-corrected chi connectivity index (χ3v) is 4.01. The van der Waals surface area contributed by atoms with Crippen molar-refractivity contribution < 1.29 is 19.0 Å². The van der Waals surface area contributed by atoms with Gasteiger partial charge in [-0.1, -0.05) is 24.3 Å². The van der Waals surface area contributed by atoms with E-state index in [1.54, 1.807) is 20.3 Å². The molecule has 1 heterocycles. The van der Waals surface area contributed by atoms with Gasteiger partial charge < -0.3 is 14.2 Å². The molecule has 0 aliphatic carbocycles. The number of rotatable bonds is 5. The lowest BCUT2D eigenvalue weighted by Crippen LogP contribution is -2.08. The second kappa shape index (κ2) is 7.21. The van der Waals surface area contributed by atoms with E-state index in [4.69, 9.17) is 14.2 Å². The maximum Gasteiger partial charge on any atom is 0.357 e.